The van der Waals surface area contributed by atoms with Crippen LogP contribution in [-0.4, -0.2) is 10.9 Å². The minimum Gasteiger partial charge on any atom is -0.322 e. The van der Waals surface area contributed by atoms with Gasteiger partial charge in [-0.25, -0.2) is 9.37 Å². The average molecular weight is 312 g/mol. The van der Waals surface area contributed by atoms with Gasteiger partial charge in [-0.3, -0.25) is 4.79 Å². The molecule has 0 saturated carbocycles. The molecule has 1 amide bonds. The van der Waals surface area contributed by atoms with E-state index in [1.165, 1.54) is 23.5 Å². The summed E-state index contributed by atoms with van der Waals surface area (Å²) in [5.41, 5.74) is 1.89. The van der Waals surface area contributed by atoms with E-state index in [9.17, 15) is 9.18 Å². The Bertz CT molecular complexity index is 837. The second-order valence-electron chi connectivity index (χ2n) is 4.81. The first-order chi connectivity index (χ1) is 10.6. The number of aromatic nitrogens is 1. The molecular weight excluding hydrogens is 299 g/mol. The van der Waals surface area contributed by atoms with Crippen LogP contribution in [0.5, 0.6) is 0 Å². The summed E-state index contributed by atoms with van der Waals surface area (Å²) in [4.78, 5) is 16.3. The lowest BCUT2D eigenvalue weighted by Gasteiger charge is -2.03. The number of fused-ring (bicyclic) bond motifs is 1. The molecule has 0 bridgehead atoms. The van der Waals surface area contributed by atoms with Crippen molar-refractivity contribution in [2.24, 2.45) is 0 Å². The molecule has 0 saturated heterocycles. The van der Waals surface area contributed by atoms with Gasteiger partial charge in [0.1, 0.15) is 10.8 Å². The fourth-order valence-electron chi connectivity index (χ4n) is 1.96. The summed E-state index contributed by atoms with van der Waals surface area (Å²) in [6.07, 6.45) is 3.06. The Hall–Kier alpha value is -2.53. The number of carbonyl (C=O) groups is 1. The van der Waals surface area contributed by atoms with Crippen molar-refractivity contribution in [3.05, 3.63) is 64.9 Å². The van der Waals surface area contributed by atoms with E-state index in [1.54, 1.807) is 25.1 Å². The number of carbonyl (C=O) groups excluding carboxylic acids is 1. The minimum atomic E-state index is -0.340. The molecule has 3 aromatic rings. The molecular formula is C17H13FN2OS. The van der Waals surface area contributed by atoms with E-state index in [1.807, 2.05) is 24.3 Å². The van der Waals surface area contributed by atoms with Crippen LogP contribution in [0.2, 0.25) is 0 Å². The lowest BCUT2D eigenvalue weighted by molar-refractivity contribution is -0.111. The minimum absolute atomic E-state index is 0.317. The molecule has 0 aliphatic rings. The Morgan fingerprint density at radius 3 is 2.86 bits per heavy atom. The van der Waals surface area contributed by atoms with E-state index >= 15 is 0 Å². The molecule has 3 rings (SSSR count). The van der Waals surface area contributed by atoms with E-state index in [0.29, 0.717) is 11.3 Å². The van der Waals surface area contributed by atoms with Crippen molar-refractivity contribution in [1.82, 2.24) is 4.98 Å². The number of hydrogen-bond acceptors (Lipinski definition) is 3. The van der Waals surface area contributed by atoms with E-state index in [2.05, 4.69) is 10.3 Å². The van der Waals surface area contributed by atoms with Crippen molar-refractivity contribution in [3.63, 3.8) is 0 Å². The lowest BCUT2D eigenvalue weighted by Crippen LogP contribution is -2.08. The molecule has 0 atom stereocenters. The zero-order valence-corrected chi connectivity index (χ0v) is 12.7. The molecule has 3 nitrogen and oxygen atoms in total. The van der Waals surface area contributed by atoms with Crippen molar-refractivity contribution in [3.8, 4) is 0 Å². The summed E-state index contributed by atoms with van der Waals surface area (Å²) in [6, 6.07) is 12.4. The van der Waals surface area contributed by atoms with Crippen LogP contribution >= 0.6 is 11.3 Å². The fourth-order valence-corrected chi connectivity index (χ4v) is 2.83. The summed E-state index contributed by atoms with van der Waals surface area (Å²) in [5, 5.41) is 3.38. The van der Waals surface area contributed by atoms with Crippen molar-refractivity contribution in [2.45, 2.75) is 6.92 Å². The van der Waals surface area contributed by atoms with Gasteiger partial charge < -0.3 is 5.32 Å². The maximum Gasteiger partial charge on any atom is 0.248 e. The molecule has 0 aliphatic carbocycles. The zero-order chi connectivity index (χ0) is 15.5. The molecule has 22 heavy (non-hydrogen) atoms. The molecule has 0 radical (unpaired) electrons. The van der Waals surface area contributed by atoms with Gasteiger partial charge in [0.2, 0.25) is 5.91 Å². The Morgan fingerprint density at radius 2 is 2.09 bits per heavy atom. The molecule has 1 aromatic heterocycles. The predicted molar refractivity (Wildman–Crippen MR) is 88.4 cm³/mol. The number of nitrogens with zero attached hydrogens (tertiary/aromatic N) is 1. The second kappa shape index (κ2) is 6.07. The third-order valence-corrected chi connectivity index (χ3v) is 4.13. The van der Waals surface area contributed by atoms with Gasteiger partial charge in [0.05, 0.1) is 10.2 Å². The Morgan fingerprint density at radius 1 is 1.27 bits per heavy atom. The van der Waals surface area contributed by atoms with E-state index in [0.717, 1.165) is 15.2 Å². The van der Waals surface area contributed by atoms with Crippen LogP contribution < -0.4 is 5.32 Å². The highest BCUT2D eigenvalue weighted by molar-refractivity contribution is 7.19. The number of benzene rings is 2. The number of hydrogen-bond donors (Lipinski definition) is 1. The number of aryl methyl sites for hydroxylation is 1. The topological polar surface area (TPSA) is 42.0 Å². The van der Waals surface area contributed by atoms with Crippen molar-refractivity contribution in [2.75, 3.05) is 5.32 Å². The third kappa shape index (κ3) is 3.20. The first kappa shape index (κ1) is 14.4. The first-order valence-electron chi connectivity index (χ1n) is 6.72. The number of thiazole rings is 1. The summed E-state index contributed by atoms with van der Waals surface area (Å²) >= 11 is 1.51. The number of amides is 1. The number of para-hydroxylation sites is 1. The van der Waals surface area contributed by atoms with Gasteiger partial charge in [0.15, 0.2) is 0 Å². The number of anilines is 1. The standard InChI is InChI=1S/C17H13FN2OS/c1-11-6-7-12(10-13(11)18)19-16(21)8-9-17-20-14-4-2-3-5-15(14)22-17/h2-10H,1H3,(H,19,21)/b9-8+. The zero-order valence-electron chi connectivity index (χ0n) is 11.8. The van der Waals surface area contributed by atoms with Gasteiger partial charge in [0, 0.05) is 11.8 Å². The van der Waals surface area contributed by atoms with Crippen molar-refractivity contribution < 1.29 is 9.18 Å². The fraction of sp³-hybridized carbons (Fsp3) is 0.0588. The SMILES string of the molecule is Cc1ccc(NC(=O)/C=C/c2nc3ccccc3s2)cc1F. The summed E-state index contributed by atoms with van der Waals surface area (Å²) in [6.45, 7) is 1.67. The van der Waals surface area contributed by atoms with Gasteiger partial charge in [0.25, 0.3) is 0 Å². The molecule has 1 heterocycles. The molecule has 1 N–H and O–H groups in total. The van der Waals surface area contributed by atoms with Crippen LogP contribution in [0.4, 0.5) is 10.1 Å². The van der Waals surface area contributed by atoms with Gasteiger partial charge in [-0.1, -0.05) is 18.2 Å². The molecule has 0 aliphatic heterocycles. The molecule has 0 fully saturated rings. The highest BCUT2D eigenvalue weighted by Gasteiger charge is 2.03. The Labute approximate surface area is 131 Å². The predicted octanol–water partition coefficient (Wildman–Crippen LogP) is 4.40. The van der Waals surface area contributed by atoms with Crippen LogP contribution in [0.25, 0.3) is 16.3 Å². The maximum atomic E-state index is 13.4. The molecule has 0 unspecified atom stereocenters. The molecule has 110 valence electrons. The highest BCUT2D eigenvalue weighted by atomic mass is 32.1. The van der Waals surface area contributed by atoms with Gasteiger partial charge in [-0.05, 0) is 42.8 Å². The highest BCUT2D eigenvalue weighted by Crippen LogP contribution is 2.22. The summed E-state index contributed by atoms with van der Waals surface area (Å²) < 4.78 is 14.5. The summed E-state index contributed by atoms with van der Waals surface area (Å²) in [5.74, 6) is -0.657. The first-order valence-corrected chi connectivity index (χ1v) is 7.54. The van der Waals surface area contributed by atoms with Gasteiger partial charge >= 0.3 is 0 Å². The van der Waals surface area contributed by atoms with Gasteiger partial charge in [-0.2, -0.15) is 0 Å². The van der Waals surface area contributed by atoms with E-state index in [4.69, 9.17) is 0 Å². The van der Waals surface area contributed by atoms with E-state index in [-0.39, 0.29) is 11.7 Å². The number of halogens is 1. The Kier molecular flexibility index (Phi) is 3.98. The van der Waals surface area contributed by atoms with E-state index < -0.39 is 0 Å². The monoisotopic (exact) mass is 312 g/mol. The number of rotatable bonds is 3. The molecule has 5 heteroatoms. The quantitative estimate of drug-likeness (QED) is 0.729. The van der Waals surface area contributed by atoms with Crippen molar-refractivity contribution >= 4 is 39.2 Å². The second-order valence-corrected chi connectivity index (χ2v) is 5.87. The van der Waals surface area contributed by atoms with Crippen LogP contribution in [0.3, 0.4) is 0 Å². The third-order valence-electron chi connectivity index (χ3n) is 3.13. The van der Waals surface area contributed by atoms with Crippen LogP contribution in [0.1, 0.15) is 10.6 Å². The van der Waals surface area contributed by atoms with Crippen LogP contribution in [-0.2, 0) is 4.79 Å². The largest absolute Gasteiger partial charge is 0.322 e. The molecule has 2 aromatic carbocycles. The number of nitrogens with one attached hydrogen (secondary N) is 1. The van der Waals surface area contributed by atoms with Crippen LogP contribution in [0, 0.1) is 12.7 Å². The average Bonchev–Trinajstić information content (AvgIpc) is 2.92. The van der Waals surface area contributed by atoms with Crippen molar-refractivity contribution in [1.29, 1.82) is 0 Å². The lowest BCUT2D eigenvalue weighted by atomic mass is 10.2. The Balaban J connectivity index is 1.71. The molecule has 0 spiro atoms. The smallest absolute Gasteiger partial charge is 0.248 e. The van der Waals surface area contributed by atoms with Gasteiger partial charge in [-0.15, -0.1) is 11.3 Å². The normalized spacial score (nSPS) is 11.2. The maximum absolute atomic E-state index is 13.4. The summed E-state index contributed by atoms with van der Waals surface area (Å²) in [7, 11) is 0. The van der Waals surface area contributed by atoms with Crippen LogP contribution in [0.15, 0.2) is 48.5 Å².